The molecule has 0 spiro atoms. The van der Waals surface area contributed by atoms with E-state index in [1.807, 2.05) is 5.48 Å². The van der Waals surface area contributed by atoms with Gasteiger partial charge in [0.15, 0.2) is 6.29 Å². The molecule has 7 heteroatoms. The number of rotatable bonds is 3. The van der Waals surface area contributed by atoms with Crippen LogP contribution in [0, 0.1) is 0 Å². The van der Waals surface area contributed by atoms with Crippen molar-refractivity contribution < 1.29 is 14.8 Å². The number of hydrogen-bond acceptors (Lipinski definition) is 4. The molecule has 1 fully saturated rings. The van der Waals surface area contributed by atoms with E-state index in [-0.39, 0.29) is 6.04 Å². The largest absolute Gasteiger partial charge is 0.331 e. The van der Waals surface area contributed by atoms with Crippen LogP contribution in [0.25, 0.3) is 0 Å². The summed E-state index contributed by atoms with van der Waals surface area (Å²) in [5.41, 5.74) is 1.87. The topological polar surface area (TPSA) is 84.9 Å². The molecule has 1 aliphatic rings. The first-order valence-corrected chi connectivity index (χ1v) is 4.82. The summed E-state index contributed by atoms with van der Waals surface area (Å²) in [4.78, 5) is 25.7. The van der Waals surface area contributed by atoms with E-state index in [9.17, 15) is 9.59 Å². The maximum absolute atomic E-state index is 11.8. The smallest absolute Gasteiger partial charge is 0.313 e. The molecule has 1 rings (SSSR count). The summed E-state index contributed by atoms with van der Waals surface area (Å²) in [6.07, 6.45) is -0.856. The number of nitrogens with one attached hydrogen (secondary N) is 2. The second-order valence-electron chi connectivity index (χ2n) is 3.51. The molecule has 1 atom stereocenters. The highest BCUT2D eigenvalue weighted by molar-refractivity contribution is 5.96. The van der Waals surface area contributed by atoms with Gasteiger partial charge >= 0.3 is 12.1 Å². The van der Waals surface area contributed by atoms with Crippen molar-refractivity contribution in [2.75, 3.05) is 6.54 Å². The van der Waals surface area contributed by atoms with Crippen LogP contribution >= 0.6 is 0 Å². The quantitative estimate of drug-likeness (QED) is 0.585. The molecule has 3 N–H and O–H groups in total. The maximum atomic E-state index is 11.8. The minimum Gasteiger partial charge on any atom is -0.313 e. The Bertz CT molecular complexity index is 269. The average molecular weight is 216 g/mol. The van der Waals surface area contributed by atoms with Crippen molar-refractivity contribution in [1.82, 2.24) is 20.6 Å². The fourth-order valence-corrected chi connectivity index (χ4v) is 1.48. The maximum Gasteiger partial charge on any atom is 0.331 e. The van der Waals surface area contributed by atoms with Crippen LogP contribution in [0.3, 0.4) is 0 Å². The predicted octanol–water partition coefficient (Wildman–Crippen LogP) is 0.124. The standard InChI is InChI=1S/C8H16N4O3/c1-4-11-6(10-15)9-7(13)12(5(2)3)8(11)14/h5-6,10,15H,4H2,1-3H3,(H,9,13). The summed E-state index contributed by atoms with van der Waals surface area (Å²) in [7, 11) is 0. The highest BCUT2D eigenvalue weighted by Crippen LogP contribution is 2.11. The average Bonchev–Trinajstić information content (AvgIpc) is 2.16. The Labute approximate surface area is 88.0 Å². The fourth-order valence-electron chi connectivity index (χ4n) is 1.48. The minimum atomic E-state index is -0.856. The Hall–Kier alpha value is -1.34. The zero-order valence-electron chi connectivity index (χ0n) is 9.02. The minimum absolute atomic E-state index is 0.216. The van der Waals surface area contributed by atoms with Crippen molar-refractivity contribution in [2.45, 2.75) is 33.1 Å². The van der Waals surface area contributed by atoms with E-state index in [0.29, 0.717) is 6.54 Å². The molecule has 1 unspecified atom stereocenters. The van der Waals surface area contributed by atoms with Crippen LogP contribution in [-0.4, -0.2) is 45.9 Å². The third-order valence-corrected chi connectivity index (χ3v) is 2.22. The second kappa shape index (κ2) is 4.45. The summed E-state index contributed by atoms with van der Waals surface area (Å²) in [6.45, 7) is 5.65. The van der Waals surface area contributed by atoms with Gasteiger partial charge in [0.05, 0.1) is 0 Å². The molecular weight excluding hydrogens is 200 g/mol. The van der Waals surface area contributed by atoms with Gasteiger partial charge < -0.3 is 10.5 Å². The number of urea groups is 2. The van der Waals surface area contributed by atoms with Crippen LogP contribution in [0.2, 0.25) is 0 Å². The lowest BCUT2D eigenvalue weighted by atomic mass is 10.3. The Morgan fingerprint density at radius 2 is 2.13 bits per heavy atom. The van der Waals surface area contributed by atoms with Gasteiger partial charge in [-0.3, -0.25) is 4.90 Å². The molecule has 0 bridgehead atoms. The van der Waals surface area contributed by atoms with Crippen LogP contribution in [0.1, 0.15) is 20.8 Å². The summed E-state index contributed by atoms with van der Waals surface area (Å²) in [5, 5.41) is 11.2. The first-order valence-electron chi connectivity index (χ1n) is 4.82. The van der Waals surface area contributed by atoms with Crippen molar-refractivity contribution in [3.8, 4) is 0 Å². The van der Waals surface area contributed by atoms with E-state index in [4.69, 9.17) is 5.21 Å². The van der Waals surface area contributed by atoms with Crippen LogP contribution < -0.4 is 10.8 Å². The predicted molar refractivity (Wildman–Crippen MR) is 52.0 cm³/mol. The van der Waals surface area contributed by atoms with Gasteiger partial charge in [0.2, 0.25) is 0 Å². The number of nitrogens with zero attached hydrogens (tertiary/aromatic N) is 2. The van der Waals surface area contributed by atoms with E-state index in [1.165, 1.54) is 4.90 Å². The van der Waals surface area contributed by atoms with Gasteiger partial charge in [-0.2, -0.15) is 5.48 Å². The molecule has 0 aromatic heterocycles. The fraction of sp³-hybridized carbons (Fsp3) is 0.750. The molecule has 86 valence electrons. The highest BCUT2D eigenvalue weighted by Gasteiger charge is 2.38. The molecule has 1 heterocycles. The van der Waals surface area contributed by atoms with E-state index in [2.05, 4.69) is 5.32 Å². The lowest BCUT2D eigenvalue weighted by Crippen LogP contribution is -2.69. The Kier molecular flexibility index (Phi) is 3.48. The monoisotopic (exact) mass is 216 g/mol. The van der Waals surface area contributed by atoms with Crippen molar-refractivity contribution in [1.29, 1.82) is 0 Å². The van der Waals surface area contributed by atoms with Crippen LogP contribution in [0.5, 0.6) is 0 Å². The molecule has 0 aliphatic carbocycles. The van der Waals surface area contributed by atoms with Gasteiger partial charge in [0, 0.05) is 12.6 Å². The zero-order chi connectivity index (χ0) is 11.6. The van der Waals surface area contributed by atoms with Gasteiger partial charge in [-0.25, -0.2) is 14.5 Å². The lowest BCUT2D eigenvalue weighted by molar-refractivity contribution is 0.0128. The number of imide groups is 1. The Morgan fingerprint density at radius 1 is 1.53 bits per heavy atom. The molecule has 0 aromatic carbocycles. The molecule has 1 saturated heterocycles. The summed E-state index contributed by atoms with van der Waals surface area (Å²) in [6, 6.07) is -1.14. The molecule has 4 amide bonds. The molecule has 0 radical (unpaired) electrons. The van der Waals surface area contributed by atoms with Gasteiger partial charge in [0.1, 0.15) is 0 Å². The van der Waals surface area contributed by atoms with Crippen molar-refractivity contribution in [2.24, 2.45) is 0 Å². The molecule has 1 aliphatic heterocycles. The van der Waals surface area contributed by atoms with Crippen LogP contribution in [0.15, 0.2) is 0 Å². The third kappa shape index (κ3) is 2.02. The first kappa shape index (κ1) is 11.7. The number of hydroxylamine groups is 1. The Morgan fingerprint density at radius 3 is 2.53 bits per heavy atom. The lowest BCUT2D eigenvalue weighted by Gasteiger charge is -2.40. The van der Waals surface area contributed by atoms with Gasteiger partial charge in [-0.1, -0.05) is 0 Å². The summed E-state index contributed by atoms with van der Waals surface area (Å²) in [5.74, 6) is 0. The number of carbonyl (C=O) groups is 2. The molecular formula is C8H16N4O3. The summed E-state index contributed by atoms with van der Waals surface area (Å²) >= 11 is 0. The molecule has 0 saturated carbocycles. The van der Waals surface area contributed by atoms with Gasteiger partial charge in [-0.15, -0.1) is 0 Å². The van der Waals surface area contributed by atoms with E-state index in [0.717, 1.165) is 4.90 Å². The first-order chi connectivity index (χ1) is 7.02. The van der Waals surface area contributed by atoms with Gasteiger partial charge in [-0.05, 0) is 20.8 Å². The third-order valence-electron chi connectivity index (χ3n) is 2.22. The highest BCUT2D eigenvalue weighted by atomic mass is 16.5. The number of amides is 4. The zero-order valence-corrected chi connectivity index (χ0v) is 9.02. The number of carbonyl (C=O) groups excluding carboxylic acids is 2. The van der Waals surface area contributed by atoms with Crippen molar-refractivity contribution in [3.05, 3.63) is 0 Å². The van der Waals surface area contributed by atoms with Crippen molar-refractivity contribution >= 4 is 12.1 Å². The van der Waals surface area contributed by atoms with E-state index >= 15 is 0 Å². The van der Waals surface area contributed by atoms with Crippen LogP contribution in [0.4, 0.5) is 9.59 Å². The molecule has 0 aromatic rings. The van der Waals surface area contributed by atoms with Crippen LogP contribution in [-0.2, 0) is 0 Å². The normalized spacial score (nSPS) is 22.3. The number of hydrogen-bond donors (Lipinski definition) is 3. The molecule has 15 heavy (non-hydrogen) atoms. The van der Waals surface area contributed by atoms with Crippen molar-refractivity contribution in [3.63, 3.8) is 0 Å². The Balaban J connectivity index is 2.90. The SMILES string of the molecule is CCN1C(=O)N(C(C)C)C(=O)NC1NO. The summed E-state index contributed by atoms with van der Waals surface area (Å²) < 4.78 is 0. The van der Waals surface area contributed by atoms with Gasteiger partial charge in [0.25, 0.3) is 0 Å². The van der Waals surface area contributed by atoms with E-state index < -0.39 is 18.4 Å². The van der Waals surface area contributed by atoms with E-state index in [1.54, 1.807) is 20.8 Å². The second-order valence-corrected chi connectivity index (χ2v) is 3.51. The molecule has 7 nitrogen and oxygen atoms in total.